The van der Waals surface area contributed by atoms with Crippen molar-refractivity contribution in [1.29, 1.82) is 0 Å². The van der Waals surface area contributed by atoms with Gasteiger partial charge in [-0.15, -0.1) is 0 Å². The van der Waals surface area contributed by atoms with Crippen LogP contribution in [0.3, 0.4) is 0 Å². The van der Waals surface area contributed by atoms with E-state index in [-0.39, 0.29) is 16.6 Å². The maximum absolute atomic E-state index is 11.5. The third-order valence-corrected chi connectivity index (χ3v) is 12.6. The molecule has 1 saturated carbocycles. The van der Waals surface area contributed by atoms with Gasteiger partial charge < -0.3 is 9.53 Å². The van der Waals surface area contributed by atoms with E-state index in [2.05, 4.69) is 74.4 Å². The molecule has 5 rings (SSSR count). The van der Waals surface area contributed by atoms with Crippen molar-refractivity contribution in [2.45, 2.75) is 44.7 Å². The van der Waals surface area contributed by atoms with Crippen molar-refractivity contribution in [2.75, 3.05) is 6.61 Å². The van der Waals surface area contributed by atoms with Crippen molar-refractivity contribution in [3.63, 3.8) is 0 Å². The third-order valence-electron chi connectivity index (χ3n) is 7.60. The van der Waals surface area contributed by atoms with Gasteiger partial charge in [0.05, 0.1) is 16.5 Å². The maximum Gasteiger partial charge on any atom is 0.342 e. The van der Waals surface area contributed by atoms with Crippen molar-refractivity contribution in [1.82, 2.24) is 9.78 Å². The summed E-state index contributed by atoms with van der Waals surface area (Å²) < 4.78 is 8.89. The van der Waals surface area contributed by atoms with E-state index >= 15 is 0 Å². The van der Waals surface area contributed by atoms with Crippen molar-refractivity contribution in [2.24, 2.45) is 5.92 Å². The van der Waals surface area contributed by atoms with Gasteiger partial charge in [-0.3, -0.25) is 14.8 Å². The van der Waals surface area contributed by atoms with Gasteiger partial charge in [-0.2, -0.15) is 5.10 Å². The van der Waals surface area contributed by atoms with Gasteiger partial charge in [0.2, 0.25) is 0 Å². The Morgan fingerprint density at radius 1 is 1.08 bits per heavy atom. The number of hydrogen-bond acceptors (Lipinski definition) is 5. The number of nitro groups is 1. The van der Waals surface area contributed by atoms with E-state index in [1.54, 1.807) is 6.20 Å². The first-order chi connectivity index (χ1) is 18.1. The molecule has 1 heterocycles. The van der Waals surface area contributed by atoms with E-state index in [9.17, 15) is 20.0 Å². The highest BCUT2D eigenvalue weighted by Gasteiger charge is 2.50. The van der Waals surface area contributed by atoms with E-state index in [0.29, 0.717) is 23.4 Å². The zero-order valence-electron chi connectivity index (χ0n) is 21.7. The number of benzene rings is 3. The number of rotatable bonds is 8. The molecule has 4 aromatic rings. The largest absolute Gasteiger partial charge is 0.477 e. The zero-order valence-corrected chi connectivity index (χ0v) is 22.7. The molecule has 9 heteroatoms. The summed E-state index contributed by atoms with van der Waals surface area (Å²) in [6.07, 6.45) is 3.53. The molecule has 0 amide bonds. The maximum atomic E-state index is 11.5. The summed E-state index contributed by atoms with van der Waals surface area (Å²) in [5.41, 5.74) is -0.326. The molecule has 1 N–H and O–H groups in total. The first kappa shape index (κ1) is 25.8. The summed E-state index contributed by atoms with van der Waals surface area (Å²) in [6.45, 7) is 7.44. The predicted octanol–water partition coefficient (Wildman–Crippen LogP) is 5.17. The number of hydrogen-bond donors (Lipinski definition) is 1. The van der Waals surface area contributed by atoms with Gasteiger partial charge in [0.15, 0.2) is 0 Å². The summed E-state index contributed by atoms with van der Waals surface area (Å²) in [7, 11) is -2.60. The molecule has 38 heavy (non-hydrogen) atoms. The Kier molecular flexibility index (Phi) is 6.66. The van der Waals surface area contributed by atoms with Crippen molar-refractivity contribution >= 4 is 41.3 Å². The molecular formula is C29H31N3O5Si. The molecule has 1 aromatic heterocycles. The van der Waals surface area contributed by atoms with E-state index in [1.807, 2.05) is 16.8 Å². The molecule has 1 fully saturated rings. The fourth-order valence-corrected chi connectivity index (χ4v) is 10.3. The number of nitro benzene ring substituents is 1. The van der Waals surface area contributed by atoms with E-state index in [0.717, 1.165) is 12.8 Å². The number of carboxylic acids is 1. The Morgan fingerprint density at radius 3 is 2.16 bits per heavy atom. The van der Waals surface area contributed by atoms with Crippen LogP contribution in [0.15, 0.2) is 79.0 Å². The predicted molar refractivity (Wildman–Crippen MR) is 149 cm³/mol. The Hall–Kier alpha value is -3.82. The minimum absolute atomic E-state index is 0.0882. The highest BCUT2D eigenvalue weighted by Crippen LogP contribution is 2.42. The van der Waals surface area contributed by atoms with Crippen LogP contribution >= 0.6 is 0 Å². The lowest BCUT2D eigenvalue weighted by atomic mass is 9.81. The summed E-state index contributed by atoms with van der Waals surface area (Å²) in [5.74, 6) is -0.977. The molecule has 0 bridgehead atoms. The SMILES string of the molecule is CC(C)(C)[Si](OCC1CC(n2cc3cc([N+](=O)[O-])c(C(=O)O)cc3n2)C1)(c1ccccc1)c1ccccc1. The molecule has 196 valence electrons. The average molecular weight is 530 g/mol. The highest BCUT2D eigenvalue weighted by atomic mass is 28.4. The Morgan fingerprint density at radius 2 is 1.66 bits per heavy atom. The van der Waals surface area contributed by atoms with Crippen LogP contribution < -0.4 is 10.4 Å². The number of fused-ring (bicyclic) bond motifs is 1. The number of aromatic carboxylic acids is 1. The second kappa shape index (κ2) is 9.81. The minimum Gasteiger partial charge on any atom is -0.477 e. The van der Waals surface area contributed by atoms with E-state index in [4.69, 9.17) is 4.43 Å². The number of aromatic nitrogens is 2. The molecule has 0 aliphatic heterocycles. The van der Waals surface area contributed by atoms with Gasteiger partial charge in [-0.1, -0.05) is 81.4 Å². The standard InChI is InChI=1S/C29H31N3O5Si/c1-29(2,3)38(23-10-6-4-7-11-23,24-12-8-5-9-13-24)37-19-20-14-22(15-20)31-18-21-16-27(32(35)36)25(28(33)34)17-26(21)30-31/h4-13,16-18,20,22H,14-15,19H2,1-3H3,(H,33,34). The van der Waals surface area contributed by atoms with Crippen molar-refractivity contribution in [3.05, 3.63) is 94.7 Å². The van der Waals surface area contributed by atoms with Gasteiger partial charge in [-0.05, 0) is 40.2 Å². The summed E-state index contributed by atoms with van der Waals surface area (Å²) in [5, 5.41) is 28.3. The Balaban J connectivity index is 1.36. The molecule has 0 radical (unpaired) electrons. The van der Waals surface area contributed by atoms with Crippen LogP contribution in [-0.4, -0.2) is 40.7 Å². The second-order valence-corrected chi connectivity index (χ2v) is 15.4. The fourth-order valence-electron chi connectivity index (χ4n) is 5.65. The molecule has 0 saturated heterocycles. The van der Waals surface area contributed by atoms with Crippen LogP contribution in [0.1, 0.15) is 50.0 Å². The van der Waals surface area contributed by atoms with E-state index < -0.39 is 24.9 Å². The fraction of sp³-hybridized carbons (Fsp3) is 0.310. The average Bonchev–Trinajstić information content (AvgIpc) is 3.27. The topological polar surface area (TPSA) is 107 Å². The lowest BCUT2D eigenvalue weighted by molar-refractivity contribution is -0.385. The smallest absolute Gasteiger partial charge is 0.342 e. The Labute approximate surface area is 222 Å². The monoisotopic (exact) mass is 529 g/mol. The van der Waals surface area contributed by atoms with Gasteiger partial charge >= 0.3 is 5.97 Å². The summed E-state index contributed by atoms with van der Waals surface area (Å²) in [6, 6.07) is 23.9. The van der Waals surface area contributed by atoms with Crippen LogP contribution in [0.5, 0.6) is 0 Å². The lowest BCUT2D eigenvalue weighted by Gasteiger charge is -2.45. The van der Waals surface area contributed by atoms with Crippen LogP contribution in [0.2, 0.25) is 5.04 Å². The number of carbonyl (C=O) groups is 1. The van der Waals surface area contributed by atoms with Crippen LogP contribution in [0, 0.1) is 16.0 Å². The van der Waals surface area contributed by atoms with E-state index in [1.165, 1.54) is 22.5 Å². The highest BCUT2D eigenvalue weighted by molar-refractivity contribution is 6.99. The normalized spacial score (nSPS) is 17.8. The molecule has 1 aliphatic carbocycles. The molecular weight excluding hydrogens is 498 g/mol. The summed E-state index contributed by atoms with van der Waals surface area (Å²) in [4.78, 5) is 22.2. The van der Waals surface area contributed by atoms with Gasteiger partial charge in [-0.25, -0.2) is 4.79 Å². The van der Waals surface area contributed by atoms with Crippen molar-refractivity contribution < 1.29 is 19.3 Å². The third kappa shape index (κ3) is 4.52. The van der Waals surface area contributed by atoms with Gasteiger partial charge in [0.25, 0.3) is 14.0 Å². The minimum atomic E-state index is -2.60. The zero-order chi connectivity index (χ0) is 27.1. The Bertz CT molecular complexity index is 1380. The number of carboxylic acid groups (broad SMARTS) is 1. The van der Waals surface area contributed by atoms with Gasteiger partial charge in [0, 0.05) is 24.3 Å². The first-order valence-corrected chi connectivity index (χ1v) is 14.7. The summed E-state index contributed by atoms with van der Waals surface area (Å²) >= 11 is 0. The van der Waals surface area contributed by atoms with Gasteiger partial charge in [0.1, 0.15) is 5.56 Å². The molecule has 0 atom stereocenters. The molecule has 3 aromatic carbocycles. The van der Waals surface area contributed by atoms with Crippen LogP contribution in [0.25, 0.3) is 10.9 Å². The first-order valence-electron chi connectivity index (χ1n) is 12.8. The van der Waals surface area contributed by atoms with Crippen LogP contribution in [0.4, 0.5) is 5.69 Å². The quantitative estimate of drug-likeness (QED) is 0.192. The number of nitrogens with zero attached hydrogens (tertiary/aromatic N) is 3. The molecule has 8 nitrogen and oxygen atoms in total. The molecule has 1 aliphatic rings. The molecule has 0 unspecified atom stereocenters. The van der Waals surface area contributed by atoms with Crippen LogP contribution in [-0.2, 0) is 4.43 Å². The van der Waals surface area contributed by atoms with Crippen molar-refractivity contribution in [3.8, 4) is 0 Å². The second-order valence-electron chi connectivity index (χ2n) is 11.1. The lowest BCUT2D eigenvalue weighted by Crippen LogP contribution is -2.67. The molecule has 0 spiro atoms.